The number of hydrogen-bond donors (Lipinski definition) is 2. The number of halogens is 1. The van der Waals surface area contributed by atoms with Crippen molar-refractivity contribution in [2.24, 2.45) is 0 Å². The Morgan fingerprint density at radius 1 is 1.27 bits per heavy atom. The maximum absolute atomic E-state index is 12.6. The van der Waals surface area contributed by atoms with E-state index in [1.54, 1.807) is 29.3 Å². The number of nitrogens with zero attached hydrogens (tertiary/aromatic N) is 4. The Labute approximate surface area is 178 Å². The summed E-state index contributed by atoms with van der Waals surface area (Å²) in [4.78, 5) is 31.1. The van der Waals surface area contributed by atoms with Crippen molar-refractivity contribution in [3.8, 4) is 0 Å². The summed E-state index contributed by atoms with van der Waals surface area (Å²) in [6.07, 6.45) is 3.24. The topological polar surface area (TPSA) is 92.2 Å². The number of rotatable bonds is 6. The summed E-state index contributed by atoms with van der Waals surface area (Å²) >= 11 is 5.95. The normalized spacial score (nSPS) is 13.0. The van der Waals surface area contributed by atoms with Crippen LogP contribution in [-0.4, -0.2) is 39.7 Å². The molecule has 0 unspecified atom stereocenters. The van der Waals surface area contributed by atoms with E-state index in [2.05, 4.69) is 20.7 Å². The van der Waals surface area contributed by atoms with Gasteiger partial charge in [-0.2, -0.15) is 5.10 Å². The van der Waals surface area contributed by atoms with E-state index >= 15 is 0 Å². The number of aryl methyl sites for hydroxylation is 1. The summed E-state index contributed by atoms with van der Waals surface area (Å²) in [6, 6.07) is 10.9. The second kappa shape index (κ2) is 8.54. The molecule has 0 atom stereocenters. The highest BCUT2D eigenvalue weighted by molar-refractivity contribution is 6.30. The Morgan fingerprint density at radius 2 is 2.07 bits per heavy atom. The molecule has 3 aromatic rings. The quantitative estimate of drug-likeness (QED) is 0.634. The highest BCUT2D eigenvalue weighted by Crippen LogP contribution is 2.30. The molecule has 0 saturated heterocycles. The fourth-order valence-corrected chi connectivity index (χ4v) is 3.39. The standard InChI is InChI=1S/C21H21ClN6O2/c1-14-6-7-26-28(14)9-8-23-21(30)16-10-18-20(24-11-16)25-12-19(29)27(18)13-15-2-4-17(22)5-3-15/h2-7,10-11H,8-9,12-13H2,1H3,(H,23,30)(H,24,25). The zero-order valence-electron chi connectivity index (χ0n) is 16.4. The minimum Gasteiger partial charge on any atom is -0.359 e. The molecule has 2 N–H and O–H groups in total. The van der Waals surface area contributed by atoms with Crippen LogP contribution in [0.3, 0.4) is 0 Å². The number of anilines is 2. The molecular formula is C21H21ClN6O2. The van der Waals surface area contributed by atoms with Crippen molar-refractivity contribution in [2.75, 3.05) is 23.3 Å². The SMILES string of the molecule is Cc1ccnn1CCNC(=O)c1cnc2c(c1)N(Cc1ccc(Cl)cc1)C(=O)CN2. The first kappa shape index (κ1) is 19.9. The number of aromatic nitrogens is 3. The van der Waals surface area contributed by atoms with Gasteiger partial charge in [0.25, 0.3) is 5.91 Å². The van der Waals surface area contributed by atoms with Crippen LogP contribution in [-0.2, 0) is 17.9 Å². The van der Waals surface area contributed by atoms with E-state index in [-0.39, 0.29) is 18.4 Å². The molecule has 1 aromatic carbocycles. The Hall–Kier alpha value is -3.39. The van der Waals surface area contributed by atoms with E-state index in [0.29, 0.717) is 41.7 Å². The van der Waals surface area contributed by atoms with Crippen LogP contribution in [0.25, 0.3) is 0 Å². The average molecular weight is 425 g/mol. The van der Waals surface area contributed by atoms with Crippen LogP contribution in [0, 0.1) is 6.92 Å². The maximum atomic E-state index is 12.6. The molecule has 3 heterocycles. The lowest BCUT2D eigenvalue weighted by atomic mass is 10.1. The van der Waals surface area contributed by atoms with Gasteiger partial charge in [-0.15, -0.1) is 0 Å². The van der Waals surface area contributed by atoms with E-state index in [4.69, 9.17) is 11.6 Å². The summed E-state index contributed by atoms with van der Waals surface area (Å²) < 4.78 is 1.82. The van der Waals surface area contributed by atoms with Crippen molar-refractivity contribution in [2.45, 2.75) is 20.0 Å². The molecule has 9 heteroatoms. The molecule has 2 aromatic heterocycles. The summed E-state index contributed by atoms with van der Waals surface area (Å²) in [5, 5.41) is 10.7. The molecule has 0 fully saturated rings. The number of pyridine rings is 1. The van der Waals surface area contributed by atoms with Gasteiger partial charge in [0, 0.05) is 29.7 Å². The van der Waals surface area contributed by atoms with Crippen LogP contribution in [0.15, 0.2) is 48.8 Å². The predicted molar refractivity (Wildman–Crippen MR) is 115 cm³/mol. The summed E-state index contributed by atoms with van der Waals surface area (Å²) in [7, 11) is 0. The number of nitrogens with one attached hydrogen (secondary N) is 2. The molecule has 30 heavy (non-hydrogen) atoms. The molecular weight excluding hydrogens is 404 g/mol. The summed E-state index contributed by atoms with van der Waals surface area (Å²) in [5.74, 6) is 0.234. The number of benzene rings is 1. The van der Waals surface area contributed by atoms with Gasteiger partial charge in [-0.05, 0) is 36.8 Å². The number of carbonyl (C=O) groups excluding carboxylic acids is 2. The van der Waals surface area contributed by atoms with Crippen LogP contribution in [0.2, 0.25) is 5.02 Å². The highest BCUT2D eigenvalue weighted by atomic mass is 35.5. The van der Waals surface area contributed by atoms with Crippen molar-refractivity contribution in [3.63, 3.8) is 0 Å². The van der Waals surface area contributed by atoms with Gasteiger partial charge in [-0.3, -0.25) is 14.3 Å². The van der Waals surface area contributed by atoms with Gasteiger partial charge < -0.3 is 15.5 Å². The minimum atomic E-state index is -0.250. The van der Waals surface area contributed by atoms with E-state index in [9.17, 15) is 9.59 Å². The maximum Gasteiger partial charge on any atom is 0.252 e. The fourth-order valence-electron chi connectivity index (χ4n) is 3.26. The molecule has 0 spiro atoms. The fraction of sp³-hybridized carbons (Fsp3) is 0.238. The molecule has 0 radical (unpaired) electrons. The van der Waals surface area contributed by atoms with Gasteiger partial charge >= 0.3 is 0 Å². The first-order valence-corrected chi connectivity index (χ1v) is 9.94. The second-order valence-corrected chi connectivity index (χ2v) is 7.44. The average Bonchev–Trinajstić information content (AvgIpc) is 3.16. The Bertz CT molecular complexity index is 1080. The van der Waals surface area contributed by atoms with Gasteiger partial charge in [0.05, 0.1) is 30.9 Å². The van der Waals surface area contributed by atoms with Crippen molar-refractivity contribution in [1.82, 2.24) is 20.1 Å². The van der Waals surface area contributed by atoms with E-state index < -0.39 is 0 Å². The molecule has 1 aliphatic rings. The van der Waals surface area contributed by atoms with Gasteiger partial charge in [0.15, 0.2) is 5.82 Å². The third-order valence-corrected chi connectivity index (χ3v) is 5.17. The molecule has 0 aliphatic carbocycles. The van der Waals surface area contributed by atoms with Crippen molar-refractivity contribution in [1.29, 1.82) is 0 Å². The third kappa shape index (κ3) is 4.28. The zero-order chi connectivity index (χ0) is 21.1. The van der Waals surface area contributed by atoms with Crippen LogP contribution in [0.1, 0.15) is 21.6 Å². The minimum absolute atomic E-state index is 0.0917. The van der Waals surface area contributed by atoms with Gasteiger partial charge in [-0.1, -0.05) is 23.7 Å². The molecule has 0 saturated carbocycles. The highest BCUT2D eigenvalue weighted by Gasteiger charge is 2.26. The molecule has 0 bridgehead atoms. The smallest absolute Gasteiger partial charge is 0.252 e. The van der Waals surface area contributed by atoms with Crippen molar-refractivity contribution >= 4 is 34.9 Å². The van der Waals surface area contributed by atoms with E-state index in [1.807, 2.05) is 29.8 Å². The molecule has 1 aliphatic heterocycles. The Balaban J connectivity index is 1.49. The van der Waals surface area contributed by atoms with E-state index in [0.717, 1.165) is 11.3 Å². The monoisotopic (exact) mass is 424 g/mol. The second-order valence-electron chi connectivity index (χ2n) is 7.00. The number of carbonyl (C=O) groups is 2. The Morgan fingerprint density at radius 3 is 2.80 bits per heavy atom. The van der Waals surface area contributed by atoms with Crippen molar-refractivity contribution in [3.05, 3.63) is 70.6 Å². The van der Waals surface area contributed by atoms with Gasteiger partial charge in [0.2, 0.25) is 5.91 Å². The summed E-state index contributed by atoms with van der Waals surface area (Å²) in [5.41, 5.74) is 2.94. The van der Waals surface area contributed by atoms with Crippen LogP contribution in [0.5, 0.6) is 0 Å². The summed E-state index contributed by atoms with van der Waals surface area (Å²) in [6.45, 7) is 3.50. The molecule has 2 amide bonds. The number of hydrogen-bond acceptors (Lipinski definition) is 5. The Kier molecular flexibility index (Phi) is 5.67. The first-order valence-electron chi connectivity index (χ1n) is 9.56. The van der Waals surface area contributed by atoms with E-state index in [1.165, 1.54) is 6.20 Å². The first-order chi connectivity index (χ1) is 14.5. The lowest BCUT2D eigenvalue weighted by Crippen LogP contribution is -2.40. The number of amides is 2. The van der Waals surface area contributed by atoms with Crippen LogP contribution >= 0.6 is 11.6 Å². The zero-order valence-corrected chi connectivity index (χ0v) is 17.2. The number of fused-ring (bicyclic) bond motifs is 1. The lowest BCUT2D eigenvalue weighted by molar-refractivity contribution is -0.117. The van der Waals surface area contributed by atoms with Crippen molar-refractivity contribution < 1.29 is 9.59 Å². The molecule has 8 nitrogen and oxygen atoms in total. The molecule has 154 valence electrons. The lowest BCUT2D eigenvalue weighted by Gasteiger charge is -2.29. The van der Waals surface area contributed by atoms with Crippen LogP contribution < -0.4 is 15.5 Å². The van der Waals surface area contributed by atoms with Crippen LogP contribution in [0.4, 0.5) is 11.5 Å². The predicted octanol–water partition coefficient (Wildman–Crippen LogP) is 2.63. The molecule has 4 rings (SSSR count). The van der Waals surface area contributed by atoms with Gasteiger partial charge in [0.1, 0.15) is 0 Å². The van der Waals surface area contributed by atoms with Gasteiger partial charge in [-0.25, -0.2) is 4.98 Å². The third-order valence-electron chi connectivity index (χ3n) is 4.92. The largest absolute Gasteiger partial charge is 0.359 e.